The van der Waals surface area contributed by atoms with E-state index in [-0.39, 0.29) is 19.0 Å². The molecule has 0 bridgehead atoms. The fourth-order valence-corrected chi connectivity index (χ4v) is 1.54. The molecule has 6 heteroatoms. The predicted octanol–water partition coefficient (Wildman–Crippen LogP) is 0.0269. The third-order valence-electron chi connectivity index (χ3n) is 2.59. The van der Waals surface area contributed by atoms with E-state index in [1.807, 2.05) is 0 Å². The molecule has 1 aromatic heterocycles. The molecule has 1 heterocycles. The predicted molar refractivity (Wildman–Crippen MR) is 73.8 cm³/mol. The van der Waals surface area contributed by atoms with Crippen LogP contribution in [0.1, 0.15) is 22.8 Å². The number of carbonyl (C=O) groups is 2. The summed E-state index contributed by atoms with van der Waals surface area (Å²) < 4.78 is 4.57. The zero-order valence-corrected chi connectivity index (χ0v) is 11.5. The lowest BCUT2D eigenvalue weighted by atomic mass is 10.1. The van der Waals surface area contributed by atoms with Crippen LogP contribution in [-0.4, -0.2) is 48.5 Å². The summed E-state index contributed by atoms with van der Waals surface area (Å²) in [6.07, 6.45) is 3.01. The van der Waals surface area contributed by atoms with Crippen LogP contribution in [0, 0.1) is 11.8 Å². The van der Waals surface area contributed by atoms with Crippen molar-refractivity contribution >= 4 is 11.9 Å². The number of amides is 1. The van der Waals surface area contributed by atoms with E-state index in [4.69, 9.17) is 5.73 Å². The third-order valence-corrected chi connectivity index (χ3v) is 2.59. The first kappa shape index (κ1) is 15.7. The lowest BCUT2D eigenvalue weighted by Gasteiger charge is -2.19. The van der Waals surface area contributed by atoms with Crippen molar-refractivity contribution in [3.05, 3.63) is 29.6 Å². The molecule has 0 radical (unpaired) electrons. The summed E-state index contributed by atoms with van der Waals surface area (Å²) in [5.74, 6) is 4.72. The van der Waals surface area contributed by atoms with Crippen molar-refractivity contribution in [3.8, 4) is 11.8 Å². The molecule has 0 atom stereocenters. The Bertz CT molecular complexity index is 546. The number of nitrogens with zero attached hydrogens (tertiary/aromatic N) is 2. The fraction of sp³-hybridized carbons (Fsp3) is 0.357. The van der Waals surface area contributed by atoms with Crippen molar-refractivity contribution in [2.24, 2.45) is 5.73 Å². The molecule has 0 aliphatic carbocycles. The van der Waals surface area contributed by atoms with E-state index in [0.29, 0.717) is 17.7 Å². The third kappa shape index (κ3) is 4.07. The first-order chi connectivity index (χ1) is 9.63. The van der Waals surface area contributed by atoms with Gasteiger partial charge in [-0.3, -0.25) is 14.6 Å². The zero-order valence-electron chi connectivity index (χ0n) is 11.5. The molecular formula is C14H17N3O3. The van der Waals surface area contributed by atoms with Crippen molar-refractivity contribution < 1.29 is 14.3 Å². The Morgan fingerprint density at radius 2 is 2.25 bits per heavy atom. The Morgan fingerprint density at radius 1 is 1.50 bits per heavy atom. The molecule has 0 spiro atoms. The van der Waals surface area contributed by atoms with Crippen LogP contribution >= 0.6 is 0 Å². The van der Waals surface area contributed by atoms with E-state index in [2.05, 4.69) is 21.6 Å². The van der Waals surface area contributed by atoms with Crippen molar-refractivity contribution in [2.45, 2.75) is 6.92 Å². The molecule has 0 aliphatic rings. The van der Waals surface area contributed by atoms with Gasteiger partial charge in [-0.2, -0.15) is 0 Å². The van der Waals surface area contributed by atoms with Crippen LogP contribution in [0.4, 0.5) is 0 Å². The van der Waals surface area contributed by atoms with Crippen molar-refractivity contribution in [3.63, 3.8) is 0 Å². The summed E-state index contributed by atoms with van der Waals surface area (Å²) in [6, 6.07) is 1.57. The molecule has 0 fully saturated rings. The molecule has 2 N–H and O–H groups in total. The molecule has 1 amide bonds. The lowest BCUT2D eigenvalue weighted by molar-refractivity contribution is -0.141. The SMILES string of the molecule is CCN(CC(=O)OC)C(=O)c1ccncc1C#CCN. The number of hydrogen-bond donors (Lipinski definition) is 1. The van der Waals surface area contributed by atoms with Crippen LogP contribution in [0.15, 0.2) is 18.5 Å². The van der Waals surface area contributed by atoms with Crippen LogP contribution in [0.2, 0.25) is 0 Å². The highest BCUT2D eigenvalue weighted by Gasteiger charge is 2.19. The molecule has 6 nitrogen and oxygen atoms in total. The van der Waals surface area contributed by atoms with Gasteiger partial charge in [-0.15, -0.1) is 0 Å². The van der Waals surface area contributed by atoms with Gasteiger partial charge in [0.1, 0.15) is 6.54 Å². The number of rotatable bonds is 4. The molecule has 20 heavy (non-hydrogen) atoms. The minimum Gasteiger partial charge on any atom is -0.468 e. The Morgan fingerprint density at radius 3 is 2.85 bits per heavy atom. The molecule has 106 valence electrons. The average Bonchev–Trinajstić information content (AvgIpc) is 2.49. The maximum atomic E-state index is 12.4. The monoisotopic (exact) mass is 275 g/mol. The molecule has 0 aromatic carbocycles. The van der Waals surface area contributed by atoms with Gasteiger partial charge >= 0.3 is 5.97 Å². The largest absolute Gasteiger partial charge is 0.468 e. The number of ether oxygens (including phenoxy) is 1. The summed E-state index contributed by atoms with van der Waals surface area (Å²) in [5, 5.41) is 0. The van der Waals surface area contributed by atoms with Crippen molar-refractivity contribution in [2.75, 3.05) is 26.7 Å². The highest BCUT2D eigenvalue weighted by molar-refractivity contribution is 5.98. The van der Waals surface area contributed by atoms with Crippen LogP contribution in [-0.2, 0) is 9.53 Å². The molecule has 1 rings (SSSR count). The first-order valence-electron chi connectivity index (χ1n) is 6.13. The quantitative estimate of drug-likeness (QED) is 0.619. The second-order valence-electron chi connectivity index (χ2n) is 3.82. The van der Waals surface area contributed by atoms with Crippen molar-refractivity contribution in [1.82, 2.24) is 9.88 Å². The van der Waals surface area contributed by atoms with Crippen LogP contribution in [0.3, 0.4) is 0 Å². The number of nitrogens with two attached hydrogens (primary N) is 1. The van der Waals surface area contributed by atoms with Gasteiger partial charge in [-0.1, -0.05) is 11.8 Å². The van der Waals surface area contributed by atoms with Gasteiger partial charge < -0.3 is 15.4 Å². The normalized spacial score (nSPS) is 9.35. The van der Waals surface area contributed by atoms with E-state index in [9.17, 15) is 9.59 Å². The van der Waals surface area contributed by atoms with E-state index in [1.54, 1.807) is 13.0 Å². The summed E-state index contributed by atoms with van der Waals surface area (Å²) in [4.78, 5) is 29.0. The van der Waals surface area contributed by atoms with Gasteiger partial charge in [0.05, 0.1) is 24.8 Å². The highest BCUT2D eigenvalue weighted by atomic mass is 16.5. The fourth-order valence-electron chi connectivity index (χ4n) is 1.54. The van der Waals surface area contributed by atoms with Crippen molar-refractivity contribution in [1.29, 1.82) is 0 Å². The van der Waals surface area contributed by atoms with Crippen LogP contribution < -0.4 is 5.73 Å². The van der Waals surface area contributed by atoms with Crippen LogP contribution in [0.25, 0.3) is 0 Å². The minimum atomic E-state index is -0.469. The summed E-state index contributed by atoms with van der Waals surface area (Å²) >= 11 is 0. The summed E-state index contributed by atoms with van der Waals surface area (Å²) in [7, 11) is 1.28. The van der Waals surface area contributed by atoms with E-state index in [0.717, 1.165) is 0 Å². The Labute approximate surface area is 117 Å². The topological polar surface area (TPSA) is 85.5 Å². The number of aromatic nitrogens is 1. The van der Waals surface area contributed by atoms with Gasteiger partial charge in [-0.25, -0.2) is 0 Å². The molecule has 0 saturated carbocycles. The number of methoxy groups -OCH3 is 1. The Kier molecular flexibility index (Phi) is 6.20. The molecule has 0 unspecified atom stereocenters. The number of hydrogen-bond acceptors (Lipinski definition) is 5. The van der Waals surface area contributed by atoms with Gasteiger partial charge in [0.2, 0.25) is 0 Å². The molecule has 0 saturated heterocycles. The van der Waals surface area contributed by atoms with Gasteiger partial charge in [0.15, 0.2) is 0 Å². The van der Waals surface area contributed by atoms with Gasteiger partial charge in [0.25, 0.3) is 5.91 Å². The van der Waals surface area contributed by atoms with E-state index >= 15 is 0 Å². The molecule has 0 aliphatic heterocycles. The standard InChI is InChI=1S/C14H17N3O3/c1-3-17(10-13(18)20-2)14(19)12-6-8-16-9-11(12)5-4-7-15/h6,8-9H,3,7,10,15H2,1-2H3. The highest BCUT2D eigenvalue weighted by Crippen LogP contribution is 2.09. The zero-order chi connectivity index (χ0) is 15.0. The maximum Gasteiger partial charge on any atom is 0.325 e. The summed E-state index contributed by atoms with van der Waals surface area (Å²) in [6.45, 7) is 2.27. The molecule has 1 aromatic rings. The average molecular weight is 275 g/mol. The Hall–Kier alpha value is -2.39. The van der Waals surface area contributed by atoms with Crippen LogP contribution in [0.5, 0.6) is 0 Å². The number of carbonyl (C=O) groups excluding carboxylic acids is 2. The lowest BCUT2D eigenvalue weighted by Crippen LogP contribution is -2.36. The number of esters is 1. The second kappa shape index (κ2) is 7.92. The molecular weight excluding hydrogens is 258 g/mol. The van der Waals surface area contributed by atoms with E-state index in [1.165, 1.54) is 24.4 Å². The maximum absolute atomic E-state index is 12.4. The number of likely N-dealkylation sites (N-methyl/N-ethyl adjacent to an activating group) is 1. The first-order valence-corrected chi connectivity index (χ1v) is 6.13. The number of pyridine rings is 1. The van der Waals surface area contributed by atoms with Gasteiger partial charge in [-0.05, 0) is 13.0 Å². The second-order valence-corrected chi connectivity index (χ2v) is 3.82. The van der Waals surface area contributed by atoms with E-state index < -0.39 is 5.97 Å². The Balaban J connectivity index is 3.03. The van der Waals surface area contributed by atoms with Gasteiger partial charge in [0, 0.05) is 18.9 Å². The minimum absolute atomic E-state index is 0.0993. The summed E-state index contributed by atoms with van der Waals surface area (Å²) in [5.41, 5.74) is 6.21. The smallest absolute Gasteiger partial charge is 0.325 e.